The molecule has 0 radical (unpaired) electrons. The first kappa shape index (κ1) is 19.9. The average Bonchev–Trinajstić information content (AvgIpc) is 2.70. The maximum Gasteiger partial charge on any atom is 0.271 e. The zero-order valence-corrected chi connectivity index (χ0v) is 16.1. The fourth-order valence-electron chi connectivity index (χ4n) is 2.40. The van der Waals surface area contributed by atoms with Gasteiger partial charge < -0.3 is 16.4 Å². The molecule has 0 fully saturated rings. The maximum atomic E-state index is 12.2. The summed E-state index contributed by atoms with van der Waals surface area (Å²) in [6.07, 6.45) is 1.30. The van der Waals surface area contributed by atoms with Crippen LogP contribution >= 0.6 is 11.6 Å². The Morgan fingerprint density at radius 1 is 0.966 bits per heavy atom. The van der Waals surface area contributed by atoms with Crippen molar-refractivity contribution in [1.82, 2.24) is 15.4 Å². The van der Waals surface area contributed by atoms with Gasteiger partial charge in [0.15, 0.2) is 11.6 Å². The van der Waals surface area contributed by atoms with Crippen LogP contribution in [-0.2, 0) is 4.79 Å². The molecule has 29 heavy (non-hydrogen) atoms. The van der Waals surface area contributed by atoms with Gasteiger partial charge in [0.2, 0.25) is 5.91 Å². The lowest BCUT2D eigenvalue weighted by atomic mass is 10.2. The minimum Gasteiger partial charge on any atom is -0.393 e. The van der Waals surface area contributed by atoms with E-state index in [0.717, 1.165) is 0 Å². The summed E-state index contributed by atoms with van der Waals surface area (Å²) in [7, 11) is 0. The van der Waals surface area contributed by atoms with Crippen molar-refractivity contribution in [3.63, 3.8) is 0 Å². The summed E-state index contributed by atoms with van der Waals surface area (Å²) in [5.74, 6) is -0.0171. The van der Waals surface area contributed by atoms with Gasteiger partial charge in [0.05, 0.1) is 10.6 Å². The minimum absolute atomic E-state index is 0.152. The van der Waals surface area contributed by atoms with Crippen LogP contribution in [0.2, 0.25) is 5.02 Å². The van der Waals surface area contributed by atoms with Gasteiger partial charge in [-0.3, -0.25) is 20.4 Å². The quantitative estimate of drug-likeness (QED) is 0.393. The first-order valence-corrected chi connectivity index (χ1v) is 8.88. The second kappa shape index (κ2) is 8.89. The number of rotatable bonds is 6. The summed E-state index contributed by atoms with van der Waals surface area (Å²) in [5, 5.41) is 6.07. The highest BCUT2D eigenvalue weighted by atomic mass is 35.5. The van der Waals surface area contributed by atoms with Gasteiger partial charge in [-0.2, -0.15) is 0 Å². The molecule has 1 aromatic heterocycles. The van der Waals surface area contributed by atoms with Gasteiger partial charge in [0.1, 0.15) is 12.0 Å². The second-order valence-electron chi connectivity index (χ2n) is 5.93. The lowest BCUT2D eigenvalue weighted by Gasteiger charge is -2.13. The Hall–Kier alpha value is -3.85. The third kappa shape index (κ3) is 5.11. The van der Waals surface area contributed by atoms with Gasteiger partial charge in [-0.05, 0) is 36.4 Å². The van der Waals surface area contributed by atoms with E-state index in [2.05, 4.69) is 31.5 Å². The van der Waals surface area contributed by atoms with Crippen molar-refractivity contribution >= 4 is 52.1 Å². The summed E-state index contributed by atoms with van der Waals surface area (Å²) in [6.45, 7) is 1.44. The molecule has 3 aromatic rings. The number of amides is 2. The van der Waals surface area contributed by atoms with E-state index >= 15 is 0 Å². The molecule has 2 aromatic carbocycles. The van der Waals surface area contributed by atoms with Crippen LogP contribution in [0, 0.1) is 0 Å². The maximum absolute atomic E-state index is 12.2. The van der Waals surface area contributed by atoms with Gasteiger partial charge in [0, 0.05) is 18.3 Å². The van der Waals surface area contributed by atoms with Gasteiger partial charge >= 0.3 is 0 Å². The molecule has 9 nitrogen and oxygen atoms in total. The first-order valence-electron chi connectivity index (χ1n) is 8.50. The number of benzene rings is 2. The molecule has 0 saturated heterocycles. The number of nitrogens with zero attached hydrogens (tertiary/aromatic N) is 2. The largest absolute Gasteiger partial charge is 0.393 e. The minimum atomic E-state index is -0.434. The molecule has 0 aliphatic carbocycles. The van der Waals surface area contributed by atoms with E-state index in [4.69, 9.17) is 17.3 Å². The molecule has 0 saturated carbocycles. The molecule has 1 heterocycles. The molecular formula is C19H18ClN7O2. The predicted octanol–water partition coefficient (Wildman–Crippen LogP) is 3.17. The molecule has 148 valence electrons. The van der Waals surface area contributed by atoms with Crippen LogP contribution in [0.3, 0.4) is 0 Å². The Labute approximate surface area is 171 Å². The predicted molar refractivity (Wildman–Crippen MR) is 113 cm³/mol. The molecule has 0 spiro atoms. The van der Waals surface area contributed by atoms with Gasteiger partial charge in [0.25, 0.3) is 5.91 Å². The van der Waals surface area contributed by atoms with Crippen molar-refractivity contribution in [3.05, 3.63) is 65.4 Å². The van der Waals surface area contributed by atoms with E-state index < -0.39 is 5.91 Å². The van der Waals surface area contributed by atoms with Gasteiger partial charge in [-0.15, -0.1) is 0 Å². The van der Waals surface area contributed by atoms with Crippen LogP contribution in [0.25, 0.3) is 0 Å². The highest BCUT2D eigenvalue weighted by Gasteiger charge is 2.12. The van der Waals surface area contributed by atoms with Crippen LogP contribution in [0.1, 0.15) is 17.3 Å². The van der Waals surface area contributed by atoms with E-state index in [1.54, 1.807) is 48.5 Å². The zero-order chi connectivity index (χ0) is 20.8. The summed E-state index contributed by atoms with van der Waals surface area (Å²) in [4.78, 5) is 31.5. The highest BCUT2D eigenvalue weighted by molar-refractivity contribution is 6.33. The van der Waals surface area contributed by atoms with Crippen molar-refractivity contribution in [2.75, 3.05) is 21.8 Å². The Kier molecular flexibility index (Phi) is 6.10. The molecule has 0 unspecified atom stereocenters. The van der Waals surface area contributed by atoms with E-state index in [-0.39, 0.29) is 17.4 Å². The van der Waals surface area contributed by atoms with Crippen LogP contribution in [0.5, 0.6) is 0 Å². The number of hydrogen-bond acceptors (Lipinski definition) is 7. The fraction of sp³-hybridized carbons (Fsp3) is 0.0526. The van der Waals surface area contributed by atoms with Crippen LogP contribution in [0.15, 0.2) is 54.9 Å². The average molecular weight is 412 g/mol. The number of nitrogens with two attached hydrogens (primary N) is 1. The van der Waals surface area contributed by atoms with Crippen molar-refractivity contribution in [2.45, 2.75) is 6.92 Å². The molecule has 3 rings (SSSR count). The Bertz CT molecular complexity index is 1040. The first-order chi connectivity index (χ1) is 13.9. The van der Waals surface area contributed by atoms with Crippen LogP contribution in [0.4, 0.5) is 28.7 Å². The normalized spacial score (nSPS) is 10.1. The molecule has 2 amide bonds. The molecule has 0 aliphatic rings. The summed E-state index contributed by atoms with van der Waals surface area (Å²) >= 11 is 6.01. The third-order valence-electron chi connectivity index (χ3n) is 3.76. The zero-order valence-electron chi connectivity index (χ0n) is 15.4. The van der Waals surface area contributed by atoms with Crippen molar-refractivity contribution in [3.8, 4) is 0 Å². The van der Waals surface area contributed by atoms with Crippen molar-refractivity contribution in [2.24, 2.45) is 0 Å². The molecule has 0 atom stereocenters. The third-order valence-corrected chi connectivity index (χ3v) is 4.09. The topological polar surface area (TPSA) is 134 Å². The number of carbonyl (C=O) groups excluding carboxylic acids is 2. The van der Waals surface area contributed by atoms with E-state index in [0.29, 0.717) is 27.8 Å². The summed E-state index contributed by atoms with van der Waals surface area (Å²) < 4.78 is 0. The van der Waals surface area contributed by atoms with Crippen molar-refractivity contribution < 1.29 is 9.59 Å². The van der Waals surface area contributed by atoms with Gasteiger partial charge in [-0.1, -0.05) is 23.7 Å². The summed E-state index contributed by atoms with van der Waals surface area (Å²) in [6, 6.07) is 13.7. The van der Waals surface area contributed by atoms with E-state index in [1.807, 2.05) is 0 Å². The number of nitrogen functional groups attached to an aromatic ring is 1. The number of hydrogen-bond donors (Lipinski definition) is 5. The molecular weight excluding hydrogens is 394 g/mol. The highest BCUT2D eigenvalue weighted by Crippen LogP contribution is 2.26. The van der Waals surface area contributed by atoms with Gasteiger partial charge in [-0.25, -0.2) is 9.97 Å². The van der Waals surface area contributed by atoms with Crippen LogP contribution < -0.4 is 27.2 Å². The number of nitrogens with one attached hydrogen (secondary N) is 4. The molecule has 10 heteroatoms. The smallest absolute Gasteiger partial charge is 0.271 e. The fourth-order valence-corrected chi connectivity index (χ4v) is 2.62. The lowest BCUT2D eigenvalue weighted by molar-refractivity contribution is -0.114. The number of aromatic nitrogens is 2. The summed E-state index contributed by atoms with van der Waals surface area (Å²) in [5.41, 5.74) is 13.2. The van der Waals surface area contributed by atoms with Crippen LogP contribution in [-0.4, -0.2) is 21.8 Å². The van der Waals surface area contributed by atoms with E-state index in [9.17, 15) is 9.59 Å². The van der Waals surface area contributed by atoms with Crippen molar-refractivity contribution in [1.29, 1.82) is 0 Å². The Morgan fingerprint density at radius 3 is 2.31 bits per heavy atom. The number of anilines is 5. The second-order valence-corrected chi connectivity index (χ2v) is 6.33. The molecule has 6 N–H and O–H groups in total. The van der Waals surface area contributed by atoms with E-state index in [1.165, 1.54) is 13.3 Å². The number of hydrazine groups is 1. The molecule has 0 bridgehead atoms. The SMILES string of the molecule is CC(=O)Nc1ccc(Nc2ncnc(NNC(=O)c3ccccc3Cl)c2N)cc1. The Morgan fingerprint density at radius 2 is 1.62 bits per heavy atom. The Balaban J connectivity index is 1.68. The molecule has 0 aliphatic heterocycles. The number of halogens is 1. The monoisotopic (exact) mass is 411 g/mol. The number of carbonyl (C=O) groups is 2. The standard InChI is InChI=1S/C19H18ClN7O2/c1-11(28)24-12-6-8-13(9-7-12)25-17-16(21)18(23-10-22-17)26-27-19(29)14-4-2-3-5-15(14)20/h2-10H,21H2,1H3,(H,24,28)(H,27,29)(H2,22,23,25,26). The lowest BCUT2D eigenvalue weighted by Crippen LogP contribution is -2.30.